The molecule has 88 valence electrons. The molecule has 0 radical (unpaired) electrons. The summed E-state index contributed by atoms with van der Waals surface area (Å²) >= 11 is 0. The van der Waals surface area contributed by atoms with Crippen molar-refractivity contribution in [1.82, 2.24) is 9.80 Å². The Hall–Kier alpha value is -0.160. The highest BCUT2D eigenvalue weighted by molar-refractivity contribution is 4.91. The summed E-state index contributed by atoms with van der Waals surface area (Å²) in [4.78, 5) is 4.82. The largest absolute Gasteiger partial charge is 0.380 e. The standard InChI is InChI=1S/C11H23N3O/c1-13(2)9-3-5-14(7-9)11-8-15-6-4-10(11)12/h9-11H,3-8,12H2,1-2H3. The molecule has 0 spiro atoms. The van der Waals surface area contributed by atoms with Crippen molar-refractivity contribution < 1.29 is 4.74 Å². The van der Waals surface area contributed by atoms with Crippen LogP contribution in [0.5, 0.6) is 0 Å². The Kier molecular flexibility index (Phi) is 3.61. The summed E-state index contributed by atoms with van der Waals surface area (Å²) < 4.78 is 5.53. The lowest BCUT2D eigenvalue weighted by molar-refractivity contribution is 0.0126. The fraction of sp³-hybridized carbons (Fsp3) is 1.00. The van der Waals surface area contributed by atoms with Crippen LogP contribution < -0.4 is 5.73 Å². The average Bonchev–Trinajstić information content (AvgIpc) is 2.67. The first-order valence-electron chi connectivity index (χ1n) is 5.92. The number of nitrogens with two attached hydrogens (primary N) is 1. The maximum absolute atomic E-state index is 6.15. The fourth-order valence-electron chi connectivity index (χ4n) is 2.61. The SMILES string of the molecule is CN(C)C1CCN(C2COCCC2N)C1. The van der Waals surface area contributed by atoms with Crippen LogP contribution >= 0.6 is 0 Å². The van der Waals surface area contributed by atoms with Gasteiger partial charge < -0.3 is 15.4 Å². The molecule has 15 heavy (non-hydrogen) atoms. The van der Waals surface area contributed by atoms with Crippen molar-refractivity contribution >= 4 is 0 Å². The van der Waals surface area contributed by atoms with Crippen molar-refractivity contribution in [2.75, 3.05) is 40.4 Å². The van der Waals surface area contributed by atoms with Crippen LogP contribution in [0.4, 0.5) is 0 Å². The normalized spacial score (nSPS) is 38.8. The molecule has 0 aromatic carbocycles. The van der Waals surface area contributed by atoms with Gasteiger partial charge >= 0.3 is 0 Å². The Morgan fingerprint density at radius 1 is 1.33 bits per heavy atom. The molecule has 4 nitrogen and oxygen atoms in total. The molecule has 3 unspecified atom stereocenters. The molecule has 0 aromatic rings. The van der Waals surface area contributed by atoms with Gasteiger partial charge in [0.2, 0.25) is 0 Å². The number of nitrogens with zero attached hydrogens (tertiary/aromatic N) is 2. The first-order chi connectivity index (χ1) is 7.18. The summed E-state index contributed by atoms with van der Waals surface area (Å²) in [6.07, 6.45) is 2.27. The number of hydrogen-bond donors (Lipinski definition) is 1. The number of likely N-dealkylation sites (tertiary alicyclic amines) is 1. The zero-order valence-corrected chi connectivity index (χ0v) is 9.85. The number of likely N-dealkylation sites (N-methyl/N-ethyl adjacent to an activating group) is 1. The lowest BCUT2D eigenvalue weighted by atomic mass is 10.0. The van der Waals surface area contributed by atoms with E-state index in [4.69, 9.17) is 10.5 Å². The molecule has 2 saturated heterocycles. The Bertz CT molecular complexity index is 210. The Balaban J connectivity index is 1.89. The predicted molar refractivity (Wildman–Crippen MR) is 60.9 cm³/mol. The van der Waals surface area contributed by atoms with E-state index < -0.39 is 0 Å². The highest BCUT2D eigenvalue weighted by Gasteiger charge is 2.33. The number of rotatable bonds is 2. The van der Waals surface area contributed by atoms with Crippen LogP contribution in [0.1, 0.15) is 12.8 Å². The van der Waals surface area contributed by atoms with E-state index in [-0.39, 0.29) is 0 Å². The third kappa shape index (κ3) is 2.50. The Morgan fingerprint density at radius 3 is 2.73 bits per heavy atom. The van der Waals surface area contributed by atoms with Gasteiger partial charge in [-0.05, 0) is 26.9 Å². The van der Waals surface area contributed by atoms with E-state index in [1.165, 1.54) is 13.0 Å². The zero-order valence-electron chi connectivity index (χ0n) is 9.85. The lowest BCUT2D eigenvalue weighted by Gasteiger charge is -2.36. The molecule has 0 saturated carbocycles. The monoisotopic (exact) mass is 213 g/mol. The highest BCUT2D eigenvalue weighted by Crippen LogP contribution is 2.20. The summed E-state index contributed by atoms with van der Waals surface area (Å²) in [6, 6.07) is 1.45. The molecule has 2 heterocycles. The van der Waals surface area contributed by atoms with E-state index in [1.807, 2.05) is 0 Å². The maximum atomic E-state index is 6.15. The molecule has 4 heteroatoms. The average molecular weight is 213 g/mol. The summed E-state index contributed by atoms with van der Waals surface area (Å²) in [7, 11) is 4.32. The van der Waals surface area contributed by atoms with Crippen LogP contribution in [0.2, 0.25) is 0 Å². The number of ether oxygens (including phenoxy) is 1. The minimum atomic E-state index is 0.305. The summed E-state index contributed by atoms with van der Waals surface area (Å²) in [5.74, 6) is 0. The van der Waals surface area contributed by atoms with E-state index in [1.54, 1.807) is 0 Å². The Morgan fingerprint density at radius 2 is 2.13 bits per heavy atom. The van der Waals surface area contributed by atoms with Gasteiger partial charge in [-0.1, -0.05) is 0 Å². The van der Waals surface area contributed by atoms with Gasteiger partial charge in [0, 0.05) is 37.8 Å². The second kappa shape index (κ2) is 4.78. The second-order valence-corrected chi connectivity index (χ2v) is 5.00. The highest BCUT2D eigenvalue weighted by atomic mass is 16.5. The quantitative estimate of drug-likeness (QED) is 0.686. The van der Waals surface area contributed by atoms with E-state index in [0.717, 1.165) is 26.2 Å². The van der Waals surface area contributed by atoms with Crippen LogP contribution in [-0.4, -0.2) is 68.3 Å². The Labute approximate surface area is 92.4 Å². The molecule has 3 atom stereocenters. The van der Waals surface area contributed by atoms with Crippen LogP contribution in [0.3, 0.4) is 0 Å². The zero-order chi connectivity index (χ0) is 10.8. The van der Waals surface area contributed by atoms with E-state index in [0.29, 0.717) is 18.1 Å². The fourth-order valence-corrected chi connectivity index (χ4v) is 2.61. The summed E-state index contributed by atoms with van der Waals surface area (Å²) in [5, 5.41) is 0. The van der Waals surface area contributed by atoms with Crippen molar-refractivity contribution in [3.63, 3.8) is 0 Å². The third-order valence-electron chi connectivity index (χ3n) is 3.77. The van der Waals surface area contributed by atoms with Crippen molar-refractivity contribution in [1.29, 1.82) is 0 Å². The van der Waals surface area contributed by atoms with Gasteiger partial charge in [-0.2, -0.15) is 0 Å². The van der Waals surface area contributed by atoms with Crippen molar-refractivity contribution in [2.24, 2.45) is 5.73 Å². The minimum absolute atomic E-state index is 0.305. The molecule has 0 amide bonds. The molecule has 0 bridgehead atoms. The molecule has 0 aliphatic carbocycles. The molecular formula is C11H23N3O. The molecule has 2 fully saturated rings. The van der Waals surface area contributed by atoms with Crippen molar-refractivity contribution in [2.45, 2.75) is 31.0 Å². The molecule has 2 aliphatic rings. The van der Waals surface area contributed by atoms with Gasteiger partial charge in [-0.3, -0.25) is 4.90 Å². The van der Waals surface area contributed by atoms with Crippen LogP contribution in [-0.2, 0) is 4.74 Å². The predicted octanol–water partition coefficient (Wildman–Crippen LogP) is -0.261. The third-order valence-corrected chi connectivity index (χ3v) is 3.77. The first kappa shape index (κ1) is 11.3. The lowest BCUT2D eigenvalue weighted by Crippen LogP contribution is -2.53. The molecule has 0 aromatic heterocycles. The van der Waals surface area contributed by atoms with E-state index in [2.05, 4.69) is 23.9 Å². The smallest absolute Gasteiger partial charge is 0.0636 e. The van der Waals surface area contributed by atoms with Gasteiger partial charge in [0.15, 0.2) is 0 Å². The second-order valence-electron chi connectivity index (χ2n) is 5.00. The van der Waals surface area contributed by atoms with Gasteiger partial charge in [-0.25, -0.2) is 0 Å². The summed E-state index contributed by atoms with van der Waals surface area (Å²) in [6.45, 7) is 3.98. The minimum Gasteiger partial charge on any atom is -0.380 e. The van der Waals surface area contributed by atoms with Crippen LogP contribution in [0, 0.1) is 0 Å². The molecular weight excluding hydrogens is 190 g/mol. The van der Waals surface area contributed by atoms with Gasteiger partial charge in [0.05, 0.1) is 6.61 Å². The van der Waals surface area contributed by atoms with Crippen molar-refractivity contribution in [3.8, 4) is 0 Å². The summed E-state index contributed by atoms with van der Waals surface area (Å²) in [5.41, 5.74) is 6.15. The van der Waals surface area contributed by atoms with E-state index in [9.17, 15) is 0 Å². The van der Waals surface area contributed by atoms with Gasteiger partial charge in [-0.15, -0.1) is 0 Å². The maximum Gasteiger partial charge on any atom is 0.0636 e. The molecule has 2 N–H and O–H groups in total. The molecule has 2 rings (SSSR count). The van der Waals surface area contributed by atoms with Gasteiger partial charge in [0.1, 0.15) is 0 Å². The van der Waals surface area contributed by atoms with Crippen LogP contribution in [0.15, 0.2) is 0 Å². The molecule has 2 aliphatic heterocycles. The van der Waals surface area contributed by atoms with Gasteiger partial charge in [0.25, 0.3) is 0 Å². The number of hydrogen-bond acceptors (Lipinski definition) is 4. The topological polar surface area (TPSA) is 41.7 Å². The van der Waals surface area contributed by atoms with Crippen LogP contribution in [0.25, 0.3) is 0 Å². The first-order valence-corrected chi connectivity index (χ1v) is 5.92. The van der Waals surface area contributed by atoms with Crippen molar-refractivity contribution in [3.05, 3.63) is 0 Å². The van der Waals surface area contributed by atoms with E-state index >= 15 is 0 Å².